The molecule has 1 aromatic heterocycles. The Bertz CT molecular complexity index is 677. The number of rotatable bonds is 5. The second-order valence-electron chi connectivity index (χ2n) is 6.46. The third-order valence-electron chi connectivity index (χ3n) is 4.50. The van der Waals surface area contributed by atoms with Gasteiger partial charge >= 0.3 is 0 Å². The second kappa shape index (κ2) is 7.62. The summed E-state index contributed by atoms with van der Waals surface area (Å²) in [6.07, 6.45) is 0. The standard InChI is InChI=1S/C19H27N5/c1-4-23-8-10-24(11-9-23)19-21-16(3)13-18(22-19)20-14-17-7-5-6-15(2)12-17/h5-7,12-13H,4,8-11,14H2,1-3H3,(H,20,21,22). The van der Waals surface area contributed by atoms with Crippen LogP contribution in [0.4, 0.5) is 11.8 Å². The predicted octanol–water partition coefficient (Wildman–Crippen LogP) is 2.85. The lowest BCUT2D eigenvalue weighted by atomic mass is 10.1. The fraction of sp³-hybridized carbons (Fsp3) is 0.474. The van der Waals surface area contributed by atoms with Gasteiger partial charge in [-0.05, 0) is 26.0 Å². The molecular formula is C19H27N5. The van der Waals surface area contributed by atoms with E-state index in [0.29, 0.717) is 0 Å². The molecule has 128 valence electrons. The average molecular weight is 325 g/mol. The van der Waals surface area contributed by atoms with Crippen molar-refractivity contribution in [2.24, 2.45) is 0 Å². The number of piperazine rings is 1. The van der Waals surface area contributed by atoms with Gasteiger partial charge in [-0.25, -0.2) is 4.98 Å². The number of aromatic nitrogens is 2. The summed E-state index contributed by atoms with van der Waals surface area (Å²) < 4.78 is 0. The number of aryl methyl sites for hydroxylation is 2. The van der Waals surface area contributed by atoms with Crippen molar-refractivity contribution in [1.82, 2.24) is 14.9 Å². The molecular weight excluding hydrogens is 298 g/mol. The van der Waals surface area contributed by atoms with E-state index in [1.165, 1.54) is 11.1 Å². The van der Waals surface area contributed by atoms with Gasteiger partial charge in [0.25, 0.3) is 0 Å². The number of hydrogen-bond donors (Lipinski definition) is 1. The van der Waals surface area contributed by atoms with Crippen molar-refractivity contribution in [3.05, 3.63) is 47.2 Å². The highest BCUT2D eigenvalue weighted by molar-refractivity contribution is 5.44. The maximum absolute atomic E-state index is 4.73. The molecule has 1 fully saturated rings. The van der Waals surface area contributed by atoms with Gasteiger partial charge in [-0.15, -0.1) is 0 Å². The Labute approximate surface area is 144 Å². The van der Waals surface area contributed by atoms with Crippen LogP contribution in [0.3, 0.4) is 0 Å². The minimum atomic E-state index is 0.779. The molecule has 1 aromatic carbocycles. The van der Waals surface area contributed by atoms with Gasteiger partial charge in [-0.1, -0.05) is 36.8 Å². The maximum atomic E-state index is 4.73. The molecule has 0 saturated carbocycles. The smallest absolute Gasteiger partial charge is 0.227 e. The first kappa shape index (κ1) is 16.7. The summed E-state index contributed by atoms with van der Waals surface area (Å²) in [5.41, 5.74) is 3.55. The van der Waals surface area contributed by atoms with Gasteiger partial charge in [0.05, 0.1) is 0 Å². The molecule has 24 heavy (non-hydrogen) atoms. The van der Waals surface area contributed by atoms with Crippen LogP contribution in [0.2, 0.25) is 0 Å². The van der Waals surface area contributed by atoms with E-state index < -0.39 is 0 Å². The van der Waals surface area contributed by atoms with Crippen LogP contribution in [0.5, 0.6) is 0 Å². The summed E-state index contributed by atoms with van der Waals surface area (Å²) >= 11 is 0. The minimum absolute atomic E-state index is 0.779. The Morgan fingerprint density at radius 3 is 2.54 bits per heavy atom. The molecule has 1 saturated heterocycles. The lowest BCUT2D eigenvalue weighted by Gasteiger charge is -2.34. The van der Waals surface area contributed by atoms with Crippen molar-refractivity contribution in [2.45, 2.75) is 27.3 Å². The monoisotopic (exact) mass is 325 g/mol. The van der Waals surface area contributed by atoms with Crippen molar-refractivity contribution < 1.29 is 0 Å². The molecule has 0 spiro atoms. The average Bonchev–Trinajstić information content (AvgIpc) is 2.60. The first-order valence-corrected chi connectivity index (χ1v) is 8.76. The maximum Gasteiger partial charge on any atom is 0.227 e. The lowest BCUT2D eigenvalue weighted by molar-refractivity contribution is 0.270. The quantitative estimate of drug-likeness (QED) is 0.916. The second-order valence-corrected chi connectivity index (χ2v) is 6.46. The zero-order valence-electron chi connectivity index (χ0n) is 14.9. The first-order chi connectivity index (χ1) is 11.6. The van der Waals surface area contributed by atoms with Crippen molar-refractivity contribution in [3.8, 4) is 0 Å². The molecule has 2 heterocycles. The van der Waals surface area contributed by atoms with E-state index in [-0.39, 0.29) is 0 Å². The van der Waals surface area contributed by atoms with Gasteiger partial charge in [-0.2, -0.15) is 4.98 Å². The molecule has 5 nitrogen and oxygen atoms in total. The Kier molecular flexibility index (Phi) is 5.30. The fourth-order valence-corrected chi connectivity index (χ4v) is 3.06. The highest BCUT2D eigenvalue weighted by atomic mass is 15.3. The number of benzene rings is 1. The van der Waals surface area contributed by atoms with Crippen molar-refractivity contribution in [3.63, 3.8) is 0 Å². The van der Waals surface area contributed by atoms with Crippen LogP contribution in [0.25, 0.3) is 0 Å². The third-order valence-corrected chi connectivity index (χ3v) is 4.50. The summed E-state index contributed by atoms with van der Waals surface area (Å²) in [5, 5.41) is 3.44. The van der Waals surface area contributed by atoms with E-state index in [4.69, 9.17) is 4.98 Å². The van der Waals surface area contributed by atoms with E-state index in [1.807, 2.05) is 13.0 Å². The number of anilines is 2. The third kappa shape index (κ3) is 4.23. The summed E-state index contributed by atoms with van der Waals surface area (Å²) in [7, 11) is 0. The van der Waals surface area contributed by atoms with Crippen LogP contribution >= 0.6 is 0 Å². The molecule has 0 atom stereocenters. The van der Waals surface area contributed by atoms with Crippen molar-refractivity contribution in [2.75, 3.05) is 42.9 Å². The van der Waals surface area contributed by atoms with Crippen LogP contribution in [-0.4, -0.2) is 47.6 Å². The van der Waals surface area contributed by atoms with Crippen LogP contribution in [-0.2, 0) is 6.54 Å². The molecule has 0 amide bonds. The SMILES string of the molecule is CCN1CCN(c2nc(C)cc(NCc3cccc(C)c3)n2)CC1. The topological polar surface area (TPSA) is 44.3 Å². The highest BCUT2D eigenvalue weighted by Crippen LogP contribution is 2.16. The van der Waals surface area contributed by atoms with E-state index in [1.54, 1.807) is 0 Å². The normalized spacial score (nSPS) is 15.5. The van der Waals surface area contributed by atoms with Crippen LogP contribution < -0.4 is 10.2 Å². The van der Waals surface area contributed by atoms with Crippen LogP contribution in [0.1, 0.15) is 23.7 Å². The van der Waals surface area contributed by atoms with Gasteiger partial charge in [-0.3, -0.25) is 0 Å². The van der Waals surface area contributed by atoms with Crippen molar-refractivity contribution >= 4 is 11.8 Å². The molecule has 0 aliphatic carbocycles. The zero-order valence-corrected chi connectivity index (χ0v) is 14.9. The van der Waals surface area contributed by atoms with Crippen molar-refractivity contribution in [1.29, 1.82) is 0 Å². The number of nitrogens with one attached hydrogen (secondary N) is 1. The molecule has 1 N–H and O–H groups in total. The lowest BCUT2D eigenvalue weighted by Crippen LogP contribution is -2.46. The summed E-state index contributed by atoms with van der Waals surface area (Å²) in [6, 6.07) is 10.6. The van der Waals surface area contributed by atoms with E-state index in [2.05, 4.69) is 58.2 Å². The Morgan fingerprint density at radius 2 is 1.83 bits per heavy atom. The number of likely N-dealkylation sites (N-methyl/N-ethyl adjacent to an activating group) is 1. The number of hydrogen-bond acceptors (Lipinski definition) is 5. The molecule has 0 bridgehead atoms. The minimum Gasteiger partial charge on any atom is -0.366 e. The van der Waals surface area contributed by atoms with Gasteiger partial charge in [0, 0.05) is 44.5 Å². The predicted molar refractivity (Wildman–Crippen MR) is 99.6 cm³/mol. The Balaban J connectivity index is 1.67. The Morgan fingerprint density at radius 1 is 1.04 bits per heavy atom. The molecule has 5 heteroatoms. The van der Waals surface area contributed by atoms with E-state index in [0.717, 1.165) is 56.7 Å². The number of nitrogens with zero attached hydrogens (tertiary/aromatic N) is 4. The van der Waals surface area contributed by atoms with E-state index in [9.17, 15) is 0 Å². The van der Waals surface area contributed by atoms with Gasteiger partial charge in [0.1, 0.15) is 5.82 Å². The zero-order chi connectivity index (χ0) is 16.9. The van der Waals surface area contributed by atoms with Crippen LogP contribution in [0, 0.1) is 13.8 Å². The van der Waals surface area contributed by atoms with Gasteiger partial charge in [0.2, 0.25) is 5.95 Å². The molecule has 3 rings (SSSR count). The van der Waals surface area contributed by atoms with Gasteiger partial charge < -0.3 is 15.1 Å². The van der Waals surface area contributed by atoms with Gasteiger partial charge in [0.15, 0.2) is 0 Å². The van der Waals surface area contributed by atoms with Crippen LogP contribution in [0.15, 0.2) is 30.3 Å². The molecule has 0 unspecified atom stereocenters. The summed E-state index contributed by atoms with van der Waals surface area (Å²) in [6.45, 7) is 12.4. The summed E-state index contributed by atoms with van der Waals surface area (Å²) in [5.74, 6) is 1.74. The summed E-state index contributed by atoms with van der Waals surface area (Å²) in [4.78, 5) is 14.1. The Hall–Kier alpha value is -2.14. The molecule has 1 aliphatic rings. The fourth-order valence-electron chi connectivity index (χ4n) is 3.06. The highest BCUT2D eigenvalue weighted by Gasteiger charge is 2.18. The molecule has 2 aromatic rings. The van der Waals surface area contributed by atoms with E-state index >= 15 is 0 Å². The molecule has 0 radical (unpaired) electrons. The largest absolute Gasteiger partial charge is 0.366 e. The molecule has 1 aliphatic heterocycles. The first-order valence-electron chi connectivity index (χ1n) is 8.76.